The highest BCUT2D eigenvalue weighted by Gasteiger charge is 2.11. The Labute approximate surface area is 184 Å². The van der Waals surface area contributed by atoms with Crippen LogP contribution in [0.4, 0.5) is 15.9 Å². The maximum absolute atomic E-state index is 15.1. The molecule has 0 aliphatic carbocycles. The van der Waals surface area contributed by atoms with Crippen molar-refractivity contribution in [2.24, 2.45) is 0 Å². The average molecular weight is 426 g/mol. The number of nitrogens with zero attached hydrogens (tertiary/aromatic N) is 2. The van der Waals surface area contributed by atoms with Crippen molar-refractivity contribution >= 4 is 34.0 Å². The van der Waals surface area contributed by atoms with Gasteiger partial charge in [0.1, 0.15) is 18.0 Å². The first-order valence-electron chi connectivity index (χ1n) is 9.80. The van der Waals surface area contributed by atoms with Crippen molar-refractivity contribution < 1.29 is 4.39 Å². The molecule has 0 saturated heterocycles. The zero-order valence-corrected chi connectivity index (χ0v) is 17.1. The van der Waals surface area contributed by atoms with E-state index in [1.54, 1.807) is 6.07 Å². The predicted molar refractivity (Wildman–Crippen MR) is 125 cm³/mol. The molecule has 1 N–H and O–H groups in total. The smallest absolute Gasteiger partial charge is 0.141 e. The van der Waals surface area contributed by atoms with Gasteiger partial charge in [-0.25, -0.2) is 14.4 Å². The molecule has 5 rings (SSSR count). The van der Waals surface area contributed by atoms with Gasteiger partial charge in [-0.3, -0.25) is 0 Å². The molecule has 0 fully saturated rings. The fourth-order valence-corrected chi connectivity index (χ4v) is 3.78. The van der Waals surface area contributed by atoms with E-state index in [9.17, 15) is 0 Å². The first-order chi connectivity index (χ1) is 15.2. The second-order valence-corrected chi connectivity index (χ2v) is 7.59. The van der Waals surface area contributed by atoms with Gasteiger partial charge in [0.2, 0.25) is 0 Å². The minimum absolute atomic E-state index is 0.276. The second-order valence-electron chi connectivity index (χ2n) is 7.15. The van der Waals surface area contributed by atoms with Crippen LogP contribution in [0.5, 0.6) is 0 Å². The molecule has 4 aromatic carbocycles. The lowest BCUT2D eigenvalue weighted by Gasteiger charge is -2.11. The number of hydrogen-bond acceptors (Lipinski definition) is 3. The maximum Gasteiger partial charge on any atom is 0.141 e. The zero-order chi connectivity index (χ0) is 21.2. The summed E-state index contributed by atoms with van der Waals surface area (Å²) in [4.78, 5) is 8.72. The third-order valence-electron chi connectivity index (χ3n) is 5.11. The Kier molecular flexibility index (Phi) is 5.06. The molecule has 0 bridgehead atoms. The number of aromatic nitrogens is 2. The van der Waals surface area contributed by atoms with E-state index in [2.05, 4.69) is 15.3 Å². The minimum atomic E-state index is -0.276. The Hall–Kier alpha value is -3.76. The fourth-order valence-electron chi connectivity index (χ4n) is 3.59. The topological polar surface area (TPSA) is 37.8 Å². The number of hydrogen-bond donors (Lipinski definition) is 1. The Morgan fingerprint density at radius 3 is 2.35 bits per heavy atom. The van der Waals surface area contributed by atoms with E-state index in [0.29, 0.717) is 16.4 Å². The third kappa shape index (κ3) is 3.98. The van der Waals surface area contributed by atoms with Crippen LogP contribution < -0.4 is 5.32 Å². The van der Waals surface area contributed by atoms with E-state index >= 15 is 4.39 Å². The number of benzene rings is 4. The number of anilines is 2. The number of halogens is 2. The molecule has 0 unspecified atom stereocenters. The van der Waals surface area contributed by atoms with Crippen molar-refractivity contribution in [3.05, 3.63) is 108 Å². The average Bonchev–Trinajstić information content (AvgIpc) is 2.80. The summed E-state index contributed by atoms with van der Waals surface area (Å²) in [5.74, 6) is 0.359. The van der Waals surface area contributed by atoms with Crippen LogP contribution in [0.1, 0.15) is 0 Å². The molecule has 150 valence electrons. The molecule has 5 heteroatoms. The van der Waals surface area contributed by atoms with Gasteiger partial charge in [-0.15, -0.1) is 0 Å². The zero-order valence-electron chi connectivity index (χ0n) is 16.4. The van der Waals surface area contributed by atoms with E-state index in [1.165, 1.54) is 6.33 Å². The molecule has 5 aromatic rings. The van der Waals surface area contributed by atoms with Gasteiger partial charge in [0.05, 0.1) is 5.52 Å². The highest BCUT2D eigenvalue weighted by molar-refractivity contribution is 6.30. The van der Waals surface area contributed by atoms with Crippen molar-refractivity contribution in [1.82, 2.24) is 9.97 Å². The van der Waals surface area contributed by atoms with Crippen LogP contribution in [0.15, 0.2) is 97.3 Å². The summed E-state index contributed by atoms with van der Waals surface area (Å²) in [5, 5.41) is 4.71. The molecule has 0 atom stereocenters. The molecule has 0 spiro atoms. The molecule has 0 radical (unpaired) electrons. The van der Waals surface area contributed by atoms with Crippen LogP contribution in [-0.4, -0.2) is 9.97 Å². The van der Waals surface area contributed by atoms with Crippen LogP contribution in [0, 0.1) is 5.82 Å². The molecule has 1 aromatic heterocycles. The summed E-state index contributed by atoms with van der Waals surface area (Å²) in [6.07, 6.45) is 1.50. The minimum Gasteiger partial charge on any atom is -0.340 e. The van der Waals surface area contributed by atoms with Gasteiger partial charge in [-0.2, -0.15) is 0 Å². The monoisotopic (exact) mass is 425 g/mol. The standard InChI is InChI=1S/C26H17ClFN3/c27-20-7-4-8-21(15-20)31-26-23-13-19(10-12-25(23)29-16-30-26)22-11-9-18(14-24(22)28)17-5-2-1-3-6-17/h1-16H,(H,29,30,31). The number of rotatable bonds is 4. The molecule has 0 aliphatic heterocycles. The van der Waals surface area contributed by atoms with Crippen molar-refractivity contribution in [1.29, 1.82) is 0 Å². The van der Waals surface area contributed by atoms with Gasteiger partial charge in [-0.05, 0) is 53.1 Å². The Balaban J connectivity index is 1.55. The summed E-state index contributed by atoms with van der Waals surface area (Å²) in [6.45, 7) is 0. The van der Waals surface area contributed by atoms with Crippen LogP contribution in [0.25, 0.3) is 33.2 Å². The first-order valence-corrected chi connectivity index (χ1v) is 10.2. The number of nitrogens with one attached hydrogen (secondary N) is 1. The Bertz CT molecular complexity index is 1390. The summed E-state index contributed by atoms with van der Waals surface area (Å²) < 4.78 is 15.1. The van der Waals surface area contributed by atoms with Crippen molar-refractivity contribution in [3.63, 3.8) is 0 Å². The van der Waals surface area contributed by atoms with E-state index in [1.807, 2.05) is 84.9 Å². The van der Waals surface area contributed by atoms with Gasteiger partial charge in [0, 0.05) is 21.7 Å². The fraction of sp³-hybridized carbons (Fsp3) is 0. The summed E-state index contributed by atoms with van der Waals surface area (Å²) >= 11 is 6.09. The Morgan fingerprint density at radius 2 is 1.55 bits per heavy atom. The Morgan fingerprint density at radius 1 is 0.710 bits per heavy atom. The molecule has 0 aliphatic rings. The van der Waals surface area contributed by atoms with Crippen LogP contribution in [-0.2, 0) is 0 Å². The maximum atomic E-state index is 15.1. The van der Waals surface area contributed by atoms with Crippen LogP contribution in [0.2, 0.25) is 5.02 Å². The third-order valence-corrected chi connectivity index (χ3v) is 5.34. The van der Waals surface area contributed by atoms with E-state index in [4.69, 9.17) is 11.6 Å². The summed E-state index contributed by atoms with van der Waals surface area (Å²) in [7, 11) is 0. The van der Waals surface area contributed by atoms with Crippen molar-refractivity contribution in [3.8, 4) is 22.3 Å². The molecule has 0 saturated carbocycles. The summed E-state index contributed by atoms with van der Waals surface area (Å²) in [6, 6.07) is 28.1. The van der Waals surface area contributed by atoms with Gasteiger partial charge in [0.25, 0.3) is 0 Å². The molecular weight excluding hydrogens is 409 g/mol. The lowest BCUT2D eigenvalue weighted by Crippen LogP contribution is -1.96. The van der Waals surface area contributed by atoms with Gasteiger partial charge < -0.3 is 5.32 Å². The lowest BCUT2D eigenvalue weighted by molar-refractivity contribution is 0.632. The first kappa shape index (κ1) is 19.2. The summed E-state index contributed by atoms with van der Waals surface area (Å²) in [5.41, 5.74) is 4.69. The molecular formula is C26H17ClFN3. The van der Waals surface area contributed by atoms with Crippen molar-refractivity contribution in [2.75, 3.05) is 5.32 Å². The van der Waals surface area contributed by atoms with Gasteiger partial charge >= 0.3 is 0 Å². The highest BCUT2D eigenvalue weighted by Crippen LogP contribution is 2.32. The van der Waals surface area contributed by atoms with E-state index in [0.717, 1.165) is 33.3 Å². The second kappa shape index (κ2) is 8.17. The van der Waals surface area contributed by atoms with E-state index in [-0.39, 0.29) is 5.82 Å². The van der Waals surface area contributed by atoms with Gasteiger partial charge in [0.15, 0.2) is 0 Å². The normalized spacial score (nSPS) is 10.9. The largest absolute Gasteiger partial charge is 0.340 e. The molecule has 0 amide bonds. The quantitative estimate of drug-likeness (QED) is 0.324. The number of fused-ring (bicyclic) bond motifs is 1. The van der Waals surface area contributed by atoms with Crippen LogP contribution in [0.3, 0.4) is 0 Å². The van der Waals surface area contributed by atoms with Gasteiger partial charge in [-0.1, -0.05) is 66.2 Å². The van der Waals surface area contributed by atoms with Crippen LogP contribution >= 0.6 is 11.6 Å². The highest BCUT2D eigenvalue weighted by atomic mass is 35.5. The molecule has 1 heterocycles. The molecule has 31 heavy (non-hydrogen) atoms. The SMILES string of the molecule is Fc1cc(-c2ccccc2)ccc1-c1ccc2ncnc(Nc3cccc(Cl)c3)c2c1. The predicted octanol–water partition coefficient (Wildman–Crippen LogP) is 7.50. The van der Waals surface area contributed by atoms with Crippen molar-refractivity contribution in [2.45, 2.75) is 0 Å². The van der Waals surface area contributed by atoms with E-state index < -0.39 is 0 Å². The lowest BCUT2D eigenvalue weighted by atomic mass is 9.98. The molecule has 3 nitrogen and oxygen atoms in total.